The highest BCUT2D eigenvalue weighted by Crippen LogP contribution is 2.42. The zero-order valence-corrected chi connectivity index (χ0v) is 16.6. The molecule has 154 valence electrons. The molecule has 0 aromatic heterocycles. The summed E-state index contributed by atoms with van der Waals surface area (Å²) in [5, 5.41) is 3.07. The number of hydrogen-bond donors (Lipinski definition) is 1. The van der Waals surface area contributed by atoms with Gasteiger partial charge >= 0.3 is 6.09 Å². The Hall–Kier alpha value is -3.12. The summed E-state index contributed by atoms with van der Waals surface area (Å²) in [6.45, 7) is 0.363. The van der Waals surface area contributed by atoms with Crippen molar-refractivity contribution < 1.29 is 23.0 Å². The molecule has 0 spiro atoms. The Labute approximate surface area is 177 Å². The maximum atomic E-state index is 14.3. The van der Waals surface area contributed by atoms with E-state index in [0.717, 1.165) is 17.2 Å². The molecule has 4 rings (SSSR count). The highest BCUT2D eigenvalue weighted by Gasteiger charge is 2.28. The lowest BCUT2D eigenvalue weighted by atomic mass is 10.00. The molecule has 3 aromatic carbocycles. The minimum Gasteiger partial charge on any atom is -0.487 e. The molecule has 1 N–H and O–H groups in total. The molecule has 4 nitrogen and oxygen atoms in total. The van der Waals surface area contributed by atoms with Gasteiger partial charge in [-0.2, -0.15) is 0 Å². The molecule has 0 bridgehead atoms. The Kier molecular flexibility index (Phi) is 5.86. The molecule has 0 fully saturated rings. The zero-order chi connectivity index (χ0) is 21.1. The van der Waals surface area contributed by atoms with Crippen LogP contribution in [0.3, 0.4) is 0 Å². The number of nitrogens with one attached hydrogen (secondary N) is 1. The molecule has 3 aromatic rings. The fraction of sp³-hybridized carbons (Fsp3) is 0.174. The van der Waals surface area contributed by atoms with E-state index in [-0.39, 0.29) is 24.8 Å². The fourth-order valence-electron chi connectivity index (χ4n) is 3.39. The normalized spacial score (nSPS) is 14.7. The van der Waals surface area contributed by atoms with Crippen LogP contribution < -0.4 is 10.1 Å². The van der Waals surface area contributed by atoms with Gasteiger partial charge in [0.2, 0.25) is 0 Å². The number of fused-ring (bicyclic) bond motifs is 1. The monoisotopic (exact) mass is 429 g/mol. The Balaban J connectivity index is 1.42. The van der Waals surface area contributed by atoms with Crippen molar-refractivity contribution in [2.45, 2.75) is 19.1 Å². The van der Waals surface area contributed by atoms with Gasteiger partial charge in [0, 0.05) is 28.1 Å². The van der Waals surface area contributed by atoms with Crippen LogP contribution in [0.1, 0.15) is 11.1 Å². The number of carbonyl (C=O) groups is 1. The Morgan fingerprint density at radius 3 is 2.70 bits per heavy atom. The van der Waals surface area contributed by atoms with Crippen molar-refractivity contribution >= 4 is 17.7 Å². The third-order valence-electron chi connectivity index (χ3n) is 4.79. The fourth-order valence-corrected chi connectivity index (χ4v) is 3.63. The van der Waals surface area contributed by atoms with Crippen LogP contribution in [-0.4, -0.2) is 18.7 Å². The first-order chi connectivity index (χ1) is 14.5. The lowest BCUT2D eigenvalue weighted by Gasteiger charge is -2.14. The maximum Gasteiger partial charge on any atom is 0.407 e. The predicted octanol–water partition coefficient (Wildman–Crippen LogP) is 5.52. The largest absolute Gasteiger partial charge is 0.487 e. The van der Waals surface area contributed by atoms with Crippen molar-refractivity contribution in [2.24, 2.45) is 0 Å². The average molecular weight is 430 g/mol. The van der Waals surface area contributed by atoms with Gasteiger partial charge < -0.3 is 14.8 Å². The summed E-state index contributed by atoms with van der Waals surface area (Å²) in [4.78, 5) is 12.0. The standard InChI is InChI=1S/C23H18ClF2NO3/c24-16-9-15-10-17(12-27-23(28)29-13-14-5-2-1-3-6-14)30-22(15)19(11-16)18-7-4-8-20(25)21(18)26/h1-9,11,17H,10,12-13H2,(H,27,28). The van der Waals surface area contributed by atoms with E-state index in [2.05, 4.69) is 5.32 Å². The second-order valence-corrected chi connectivity index (χ2v) is 7.37. The highest BCUT2D eigenvalue weighted by molar-refractivity contribution is 6.31. The summed E-state index contributed by atoms with van der Waals surface area (Å²) in [6.07, 6.45) is -0.468. The maximum absolute atomic E-state index is 14.3. The molecule has 0 saturated carbocycles. The quantitative estimate of drug-likeness (QED) is 0.581. The summed E-state index contributed by atoms with van der Waals surface area (Å²) < 4.78 is 39.1. The molecule has 1 aliphatic heterocycles. The van der Waals surface area contributed by atoms with Gasteiger partial charge in [-0.25, -0.2) is 13.6 Å². The van der Waals surface area contributed by atoms with E-state index in [4.69, 9.17) is 21.1 Å². The average Bonchev–Trinajstić information content (AvgIpc) is 3.16. The Bertz CT molecular complexity index is 1080. The molecule has 1 aliphatic rings. The van der Waals surface area contributed by atoms with E-state index in [1.54, 1.807) is 12.1 Å². The van der Waals surface area contributed by atoms with Crippen LogP contribution in [0, 0.1) is 11.6 Å². The van der Waals surface area contributed by atoms with Gasteiger partial charge in [-0.05, 0) is 23.8 Å². The van der Waals surface area contributed by atoms with Gasteiger partial charge in [0.1, 0.15) is 18.5 Å². The lowest BCUT2D eigenvalue weighted by molar-refractivity contribution is 0.133. The van der Waals surface area contributed by atoms with Gasteiger partial charge in [-0.15, -0.1) is 0 Å². The summed E-state index contributed by atoms with van der Waals surface area (Å²) in [5.74, 6) is -1.47. The summed E-state index contributed by atoms with van der Waals surface area (Å²) in [6, 6.07) is 16.6. The molecule has 0 aliphatic carbocycles. The van der Waals surface area contributed by atoms with Gasteiger partial charge in [0.05, 0.1) is 6.54 Å². The number of rotatable bonds is 5. The smallest absolute Gasteiger partial charge is 0.407 e. The molecule has 1 unspecified atom stereocenters. The number of ether oxygens (including phenoxy) is 2. The number of halogens is 3. The molecule has 1 heterocycles. The molecule has 7 heteroatoms. The van der Waals surface area contributed by atoms with E-state index in [0.29, 0.717) is 22.8 Å². The first-order valence-corrected chi connectivity index (χ1v) is 9.77. The van der Waals surface area contributed by atoms with Crippen LogP contribution >= 0.6 is 11.6 Å². The number of benzene rings is 3. The number of amides is 1. The Morgan fingerprint density at radius 2 is 1.90 bits per heavy atom. The molecule has 1 amide bonds. The zero-order valence-electron chi connectivity index (χ0n) is 15.8. The van der Waals surface area contributed by atoms with Gasteiger partial charge in [-0.1, -0.05) is 54.1 Å². The van der Waals surface area contributed by atoms with Crippen molar-refractivity contribution in [1.29, 1.82) is 0 Å². The van der Waals surface area contributed by atoms with Crippen LogP contribution in [0.2, 0.25) is 5.02 Å². The van der Waals surface area contributed by atoms with Crippen molar-refractivity contribution in [2.75, 3.05) is 6.54 Å². The van der Waals surface area contributed by atoms with E-state index in [9.17, 15) is 13.6 Å². The summed E-state index contributed by atoms with van der Waals surface area (Å²) >= 11 is 6.18. The van der Waals surface area contributed by atoms with Crippen LogP contribution in [0.4, 0.5) is 13.6 Å². The van der Waals surface area contributed by atoms with Gasteiger partial charge in [-0.3, -0.25) is 0 Å². The first-order valence-electron chi connectivity index (χ1n) is 9.39. The molecule has 0 saturated heterocycles. The third-order valence-corrected chi connectivity index (χ3v) is 5.01. The van der Waals surface area contributed by atoms with Crippen LogP contribution in [0.5, 0.6) is 5.75 Å². The lowest BCUT2D eigenvalue weighted by Crippen LogP contribution is -2.34. The minimum absolute atomic E-state index is 0.0737. The molecular weight excluding hydrogens is 412 g/mol. The van der Waals surface area contributed by atoms with Crippen LogP contribution in [0.25, 0.3) is 11.1 Å². The van der Waals surface area contributed by atoms with Crippen LogP contribution in [0.15, 0.2) is 60.7 Å². The van der Waals surface area contributed by atoms with Crippen molar-refractivity contribution in [3.05, 3.63) is 88.4 Å². The van der Waals surface area contributed by atoms with E-state index in [1.807, 2.05) is 30.3 Å². The number of hydrogen-bond acceptors (Lipinski definition) is 3. The van der Waals surface area contributed by atoms with Gasteiger partial charge in [0.25, 0.3) is 0 Å². The Morgan fingerprint density at radius 1 is 1.10 bits per heavy atom. The second-order valence-electron chi connectivity index (χ2n) is 6.93. The third kappa shape index (κ3) is 4.39. The predicted molar refractivity (Wildman–Crippen MR) is 110 cm³/mol. The van der Waals surface area contributed by atoms with Crippen molar-refractivity contribution in [3.63, 3.8) is 0 Å². The number of carbonyl (C=O) groups excluding carboxylic acids is 1. The topological polar surface area (TPSA) is 47.6 Å². The number of alkyl carbamates (subject to hydrolysis) is 1. The molecule has 1 atom stereocenters. The molecular formula is C23H18ClF2NO3. The van der Waals surface area contributed by atoms with Gasteiger partial charge in [0.15, 0.2) is 11.6 Å². The highest BCUT2D eigenvalue weighted by atomic mass is 35.5. The van der Waals surface area contributed by atoms with E-state index < -0.39 is 17.7 Å². The minimum atomic E-state index is -0.961. The second kappa shape index (κ2) is 8.71. The summed E-state index contributed by atoms with van der Waals surface area (Å²) in [7, 11) is 0. The summed E-state index contributed by atoms with van der Waals surface area (Å²) in [5.41, 5.74) is 2.10. The van der Waals surface area contributed by atoms with E-state index >= 15 is 0 Å². The molecule has 0 radical (unpaired) electrons. The van der Waals surface area contributed by atoms with Crippen molar-refractivity contribution in [1.82, 2.24) is 5.32 Å². The van der Waals surface area contributed by atoms with Crippen LogP contribution in [-0.2, 0) is 17.8 Å². The van der Waals surface area contributed by atoms with Crippen molar-refractivity contribution in [3.8, 4) is 16.9 Å². The molecule has 30 heavy (non-hydrogen) atoms. The first kappa shape index (κ1) is 20.2. The SMILES string of the molecule is O=C(NCC1Cc2cc(Cl)cc(-c3cccc(F)c3F)c2O1)OCc1ccccc1. The van der Waals surface area contributed by atoms with E-state index in [1.165, 1.54) is 12.1 Å².